The second kappa shape index (κ2) is 2.79. The van der Waals surface area contributed by atoms with Gasteiger partial charge in [-0.1, -0.05) is 0 Å². The number of aliphatic hydroxyl groups excluding tert-OH is 1. The largest absolute Gasteiger partial charge is 0.510 e. The first-order chi connectivity index (χ1) is 5.48. The van der Waals surface area contributed by atoms with Crippen LogP contribution in [0.2, 0.25) is 0 Å². The van der Waals surface area contributed by atoms with Crippen molar-refractivity contribution in [1.82, 2.24) is 5.32 Å². The molecule has 0 spiro atoms. The average molecular weight is 170 g/mol. The van der Waals surface area contributed by atoms with Gasteiger partial charge in [0.2, 0.25) is 0 Å². The number of hydrogen-bond acceptors (Lipinski definition) is 4. The van der Waals surface area contributed by atoms with Crippen molar-refractivity contribution < 1.29 is 9.90 Å². The fourth-order valence-electron chi connectivity index (χ4n) is 1.31. The van der Waals surface area contributed by atoms with Crippen LogP contribution in [0, 0.1) is 0 Å². The molecule has 0 aromatic rings. The van der Waals surface area contributed by atoms with Gasteiger partial charge in [-0.05, 0) is 14.0 Å². The quantitative estimate of drug-likeness (QED) is 0.520. The molecule has 0 radical (unpaired) electrons. The number of ketones is 1. The molecule has 0 aromatic carbocycles. The molecular weight excluding hydrogens is 156 g/mol. The summed E-state index contributed by atoms with van der Waals surface area (Å²) in [5.41, 5.74) is 5.02. The van der Waals surface area contributed by atoms with Crippen molar-refractivity contribution in [3.05, 3.63) is 11.5 Å². The highest BCUT2D eigenvalue weighted by atomic mass is 16.3. The molecule has 0 aromatic heterocycles. The van der Waals surface area contributed by atoms with Gasteiger partial charge in [-0.3, -0.25) is 4.79 Å². The van der Waals surface area contributed by atoms with E-state index in [1.165, 1.54) is 0 Å². The molecule has 1 atom stereocenters. The molecule has 1 aliphatic carbocycles. The van der Waals surface area contributed by atoms with E-state index in [1.54, 1.807) is 7.05 Å². The second-order valence-electron chi connectivity index (χ2n) is 3.45. The van der Waals surface area contributed by atoms with Gasteiger partial charge in [-0.2, -0.15) is 0 Å². The Morgan fingerprint density at radius 3 is 2.58 bits per heavy atom. The Balaban J connectivity index is 2.92. The van der Waals surface area contributed by atoms with Gasteiger partial charge in [0.1, 0.15) is 11.5 Å². The number of rotatable bonds is 1. The SMILES string of the molecule is CNC1(C)CC(=O)C(N)=C(O)C1. The highest BCUT2D eigenvalue weighted by Gasteiger charge is 2.34. The lowest BCUT2D eigenvalue weighted by Crippen LogP contribution is -2.46. The predicted molar refractivity (Wildman–Crippen MR) is 45.5 cm³/mol. The van der Waals surface area contributed by atoms with E-state index >= 15 is 0 Å². The number of hydrogen-bond donors (Lipinski definition) is 3. The molecule has 0 bridgehead atoms. The van der Waals surface area contributed by atoms with Gasteiger partial charge in [0.05, 0.1) is 0 Å². The topological polar surface area (TPSA) is 75.4 Å². The molecule has 0 amide bonds. The van der Waals surface area contributed by atoms with Gasteiger partial charge in [0.25, 0.3) is 0 Å². The molecule has 1 rings (SSSR count). The van der Waals surface area contributed by atoms with Gasteiger partial charge in [0, 0.05) is 18.4 Å². The van der Waals surface area contributed by atoms with Crippen molar-refractivity contribution in [2.45, 2.75) is 25.3 Å². The van der Waals surface area contributed by atoms with Crippen LogP contribution >= 0.6 is 0 Å². The number of aliphatic hydroxyl groups is 1. The third kappa shape index (κ3) is 1.43. The maximum absolute atomic E-state index is 11.2. The molecule has 4 nitrogen and oxygen atoms in total. The molecule has 4 heteroatoms. The van der Waals surface area contributed by atoms with Gasteiger partial charge in [-0.25, -0.2) is 0 Å². The molecule has 0 heterocycles. The third-order valence-electron chi connectivity index (χ3n) is 2.32. The van der Waals surface area contributed by atoms with Gasteiger partial charge >= 0.3 is 0 Å². The van der Waals surface area contributed by atoms with Crippen molar-refractivity contribution >= 4 is 5.78 Å². The number of nitrogens with one attached hydrogen (secondary N) is 1. The maximum atomic E-state index is 11.2. The van der Waals surface area contributed by atoms with E-state index in [9.17, 15) is 9.90 Å². The lowest BCUT2D eigenvalue weighted by molar-refractivity contribution is -0.117. The Bertz CT molecular complexity index is 247. The van der Waals surface area contributed by atoms with Crippen LogP contribution < -0.4 is 11.1 Å². The first-order valence-electron chi connectivity index (χ1n) is 3.88. The normalized spacial score (nSPS) is 31.0. The summed E-state index contributed by atoms with van der Waals surface area (Å²) in [6.07, 6.45) is 0.764. The van der Waals surface area contributed by atoms with Crippen molar-refractivity contribution in [1.29, 1.82) is 0 Å². The number of carbonyl (C=O) groups is 1. The van der Waals surface area contributed by atoms with Crippen LogP contribution in [0.1, 0.15) is 19.8 Å². The fourth-order valence-corrected chi connectivity index (χ4v) is 1.31. The van der Waals surface area contributed by atoms with Crippen molar-refractivity contribution in [3.8, 4) is 0 Å². The summed E-state index contributed by atoms with van der Waals surface area (Å²) < 4.78 is 0. The number of carbonyl (C=O) groups excluding carboxylic acids is 1. The van der Waals surface area contributed by atoms with Crippen molar-refractivity contribution in [2.75, 3.05) is 7.05 Å². The van der Waals surface area contributed by atoms with Crippen LogP contribution in [0.25, 0.3) is 0 Å². The highest BCUT2D eigenvalue weighted by Crippen LogP contribution is 2.26. The Labute approximate surface area is 71.4 Å². The molecule has 0 saturated heterocycles. The molecule has 1 unspecified atom stereocenters. The van der Waals surface area contributed by atoms with E-state index < -0.39 is 0 Å². The summed E-state index contributed by atoms with van der Waals surface area (Å²) in [4.78, 5) is 11.2. The molecule has 0 aliphatic heterocycles. The van der Waals surface area contributed by atoms with E-state index in [2.05, 4.69) is 5.32 Å². The number of nitrogens with two attached hydrogens (primary N) is 1. The molecule has 0 saturated carbocycles. The van der Waals surface area contributed by atoms with Crippen LogP contribution in [0.3, 0.4) is 0 Å². The Kier molecular flexibility index (Phi) is 2.10. The molecular formula is C8H14N2O2. The molecule has 4 N–H and O–H groups in total. The summed E-state index contributed by atoms with van der Waals surface area (Å²) in [6, 6.07) is 0. The Morgan fingerprint density at radius 2 is 2.17 bits per heavy atom. The second-order valence-corrected chi connectivity index (χ2v) is 3.45. The van der Waals surface area contributed by atoms with Crippen molar-refractivity contribution in [2.24, 2.45) is 5.73 Å². The summed E-state index contributed by atoms with van der Waals surface area (Å²) in [6.45, 7) is 1.88. The van der Waals surface area contributed by atoms with Gasteiger partial charge in [-0.15, -0.1) is 0 Å². The predicted octanol–water partition coefficient (Wildman–Crippen LogP) is 0.0557. The lowest BCUT2D eigenvalue weighted by Gasteiger charge is -2.32. The van der Waals surface area contributed by atoms with E-state index in [4.69, 9.17) is 5.73 Å². The van der Waals surface area contributed by atoms with Gasteiger partial charge in [0.15, 0.2) is 5.78 Å². The summed E-state index contributed by atoms with van der Waals surface area (Å²) in [7, 11) is 1.77. The Morgan fingerprint density at radius 1 is 1.58 bits per heavy atom. The summed E-state index contributed by atoms with van der Waals surface area (Å²) in [5, 5.41) is 12.3. The third-order valence-corrected chi connectivity index (χ3v) is 2.32. The van der Waals surface area contributed by atoms with E-state index in [0.717, 1.165) is 0 Å². The van der Waals surface area contributed by atoms with Crippen LogP contribution in [0.5, 0.6) is 0 Å². The maximum Gasteiger partial charge on any atom is 0.183 e. The standard InChI is InChI=1S/C8H14N2O2/c1-8(10-2)3-5(11)7(9)6(12)4-8/h10-11H,3-4,9H2,1-2H3. The van der Waals surface area contributed by atoms with E-state index in [1.807, 2.05) is 6.92 Å². The smallest absolute Gasteiger partial charge is 0.183 e. The molecule has 0 fully saturated rings. The van der Waals surface area contributed by atoms with Crippen LogP contribution in [0.15, 0.2) is 11.5 Å². The fraction of sp³-hybridized carbons (Fsp3) is 0.625. The highest BCUT2D eigenvalue weighted by molar-refractivity contribution is 5.96. The van der Waals surface area contributed by atoms with Crippen LogP contribution in [-0.4, -0.2) is 23.5 Å². The molecule has 1 aliphatic rings. The van der Waals surface area contributed by atoms with Crippen LogP contribution in [0.4, 0.5) is 0 Å². The Hall–Kier alpha value is -1.03. The first kappa shape index (κ1) is 9.06. The lowest BCUT2D eigenvalue weighted by atomic mass is 9.84. The minimum absolute atomic E-state index is 0.00287. The molecule has 68 valence electrons. The first-order valence-corrected chi connectivity index (χ1v) is 3.88. The summed E-state index contributed by atoms with van der Waals surface area (Å²) in [5.74, 6) is -0.182. The van der Waals surface area contributed by atoms with Crippen LogP contribution in [-0.2, 0) is 4.79 Å². The van der Waals surface area contributed by atoms with E-state index in [-0.39, 0.29) is 22.8 Å². The molecule has 12 heavy (non-hydrogen) atoms. The van der Waals surface area contributed by atoms with Gasteiger partial charge < -0.3 is 16.2 Å². The minimum atomic E-state index is -0.343. The zero-order chi connectivity index (χ0) is 9.35. The van der Waals surface area contributed by atoms with Crippen molar-refractivity contribution in [3.63, 3.8) is 0 Å². The summed E-state index contributed by atoms with van der Waals surface area (Å²) >= 11 is 0. The number of Topliss-reactive ketones (excluding diaryl/α,β-unsaturated/α-hetero) is 1. The zero-order valence-corrected chi connectivity index (χ0v) is 7.35. The number of allylic oxidation sites excluding steroid dienone is 1. The van der Waals surface area contributed by atoms with E-state index in [0.29, 0.717) is 12.8 Å². The zero-order valence-electron chi connectivity index (χ0n) is 7.35. The average Bonchev–Trinajstić information content (AvgIpc) is 2.00. The monoisotopic (exact) mass is 170 g/mol. The minimum Gasteiger partial charge on any atom is -0.510 e.